The van der Waals surface area contributed by atoms with Crippen LogP contribution in [0.4, 0.5) is 22.7 Å². The number of fused-ring (bicyclic) bond motifs is 5. The van der Waals surface area contributed by atoms with Crippen molar-refractivity contribution >= 4 is 22.7 Å². The minimum atomic E-state index is -0.470. The monoisotopic (exact) mass is 828 g/mol. The van der Waals surface area contributed by atoms with E-state index in [1.807, 2.05) is 6.08 Å². The van der Waals surface area contributed by atoms with Gasteiger partial charge in [-0.05, 0) is 181 Å². The fourth-order valence-electron chi connectivity index (χ4n) is 10.6. The molecule has 0 atom stereocenters. The molecule has 7 aromatic rings. The van der Waals surface area contributed by atoms with Crippen LogP contribution >= 0.6 is 0 Å². The number of rotatable bonds is 14. The molecule has 0 aromatic heterocycles. The van der Waals surface area contributed by atoms with Gasteiger partial charge in [0.2, 0.25) is 0 Å². The zero-order valence-electron chi connectivity index (χ0n) is 37.4. The Morgan fingerprint density at radius 2 is 1.05 bits per heavy atom. The molecule has 0 saturated heterocycles. The zero-order chi connectivity index (χ0) is 43.6. The summed E-state index contributed by atoms with van der Waals surface area (Å²) in [7, 11) is 0. The lowest BCUT2D eigenvalue weighted by Crippen LogP contribution is -2.32. The van der Waals surface area contributed by atoms with Gasteiger partial charge in [-0.2, -0.15) is 0 Å². The highest BCUT2D eigenvalue weighted by Gasteiger charge is 2.46. The SMILES string of the molecule is C=C/C=C(\C=C/C)N(c1ccccc1)c1cc(Cc2ccc3c(c2)CC3)c(N(C(/C=C\C)=C/C)c2ccccc2)cc1CC1(c2ccc3c(c2)CC3)c2ccccc2-c2ccccc21. The van der Waals surface area contributed by atoms with Crippen molar-refractivity contribution in [3.63, 3.8) is 0 Å². The highest BCUT2D eigenvalue weighted by molar-refractivity contribution is 5.86. The summed E-state index contributed by atoms with van der Waals surface area (Å²) in [6.45, 7) is 10.6. The Morgan fingerprint density at radius 3 is 1.59 bits per heavy atom. The van der Waals surface area contributed by atoms with Crippen LogP contribution in [0.25, 0.3) is 11.1 Å². The number of hydrogen-bond acceptors (Lipinski definition) is 2. The molecule has 3 aliphatic carbocycles. The molecule has 314 valence electrons. The Balaban J connectivity index is 1.32. The van der Waals surface area contributed by atoms with E-state index in [2.05, 4.69) is 231 Å². The van der Waals surface area contributed by atoms with Crippen molar-refractivity contribution in [1.29, 1.82) is 0 Å². The molecule has 7 aromatic carbocycles. The summed E-state index contributed by atoms with van der Waals surface area (Å²) in [5.74, 6) is 0. The van der Waals surface area contributed by atoms with Crippen molar-refractivity contribution in [2.45, 2.75) is 64.7 Å². The van der Waals surface area contributed by atoms with E-state index in [1.165, 1.54) is 78.9 Å². The van der Waals surface area contributed by atoms with Gasteiger partial charge >= 0.3 is 0 Å². The van der Waals surface area contributed by atoms with E-state index in [-0.39, 0.29) is 0 Å². The van der Waals surface area contributed by atoms with Gasteiger partial charge < -0.3 is 9.80 Å². The molecule has 0 fully saturated rings. The van der Waals surface area contributed by atoms with Gasteiger partial charge in [0, 0.05) is 28.5 Å². The number of hydrogen-bond donors (Lipinski definition) is 0. The molecule has 2 heteroatoms. The maximum atomic E-state index is 4.23. The quantitative estimate of drug-likeness (QED) is 0.101. The van der Waals surface area contributed by atoms with Crippen molar-refractivity contribution in [3.05, 3.63) is 274 Å². The number of allylic oxidation sites excluding steroid dienone is 7. The Hall–Kier alpha value is -7.16. The number of anilines is 4. The molecule has 0 radical (unpaired) electrons. The van der Waals surface area contributed by atoms with Crippen LogP contribution in [0.1, 0.15) is 76.4 Å². The van der Waals surface area contributed by atoms with E-state index in [0.717, 1.165) is 60.6 Å². The summed E-state index contributed by atoms with van der Waals surface area (Å²) in [4.78, 5) is 4.95. The highest BCUT2D eigenvalue weighted by Crippen LogP contribution is 2.56. The fraction of sp³-hybridized carbons (Fsp3) is 0.161. The molecule has 64 heavy (non-hydrogen) atoms. The predicted octanol–water partition coefficient (Wildman–Crippen LogP) is 15.4. The van der Waals surface area contributed by atoms with E-state index in [4.69, 9.17) is 0 Å². The summed E-state index contributed by atoms with van der Waals surface area (Å²) in [6, 6.07) is 59.8. The molecule has 0 spiro atoms. The second kappa shape index (κ2) is 17.5. The van der Waals surface area contributed by atoms with Crippen LogP contribution in [-0.2, 0) is 43.9 Å². The first-order valence-electron chi connectivity index (χ1n) is 23.1. The largest absolute Gasteiger partial charge is 0.311 e. The van der Waals surface area contributed by atoms with E-state index < -0.39 is 5.41 Å². The second-order valence-electron chi connectivity index (χ2n) is 17.4. The fourth-order valence-corrected chi connectivity index (χ4v) is 10.6. The Bertz CT molecular complexity index is 2950. The van der Waals surface area contributed by atoms with Crippen molar-refractivity contribution in [2.75, 3.05) is 9.80 Å². The van der Waals surface area contributed by atoms with Crippen molar-refractivity contribution in [3.8, 4) is 11.1 Å². The molecule has 0 amide bonds. The summed E-state index contributed by atoms with van der Waals surface area (Å²) in [6.07, 6.45) is 21.2. The molecule has 3 aliphatic rings. The van der Waals surface area contributed by atoms with Crippen LogP contribution in [-0.4, -0.2) is 0 Å². The van der Waals surface area contributed by atoms with E-state index in [1.54, 1.807) is 0 Å². The third-order valence-corrected chi connectivity index (χ3v) is 13.8. The van der Waals surface area contributed by atoms with E-state index >= 15 is 0 Å². The molecule has 0 saturated carbocycles. The Morgan fingerprint density at radius 1 is 0.531 bits per heavy atom. The van der Waals surface area contributed by atoms with Gasteiger partial charge in [-0.3, -0.25) is 0 Å². The van der Waals surface area contributed by atoms with Crippen LogP contribution in [0.15, 0.2) is 218 Å². The molecular formula is C62H56N2. The molecule has 0 heterocycles. The van der Waals surface area contributed by atoms with Crippen LogP contribution < -0.4 is 9.80 Å². The number of para-hydroxylation sites is 2. The standard InChI is InChI=1S/C62H56N2/c1-5-19-52(8-4)63(54-22-11-9-12-23-54)60-42-50(43-62(51-37-36-46-33-35-48(46)40-51)58-28-17-15-26-56(58)57-27-16-18-29-59(57)62)61(41-49(60)39-44-30-31-45-32-34-47(45)38-44)64(53(20-6-2)21-7-3)55-24-13-10-14-25-55/h5-31,36-38,40-42H,2,32-35,39,43H2,1,3-4H3/b19-5-,21-7-,52-8+,53-20+. The maximum absolute atomic E-state index is 4.23. The molecule has 0 bridgehead atoms. The minimum absolute atomic E-state index is 0.470. The average molecular weight is 829 g/mol. The smallest absolute Gasteiger partial charge is 0.0504 e. The summed E-state index contributed by atoms with van der Waals surface area (Å²) in [5, 5.41) is 0. The summed E-state index contributed by atoms with van der Waals surface area (Å²) < 4.78 is 0. The van der Waals surface area contributed by atoms with Gasteiger partial charge in [0.1, 0.15) is 0 Å². The van der Waals surface area contributed by atoms with Crippen molar-refractivity contribution in [1.82, 2.24) is 0 Å². The van der Waals surface area contributed by atoms with E-state index in [9.17, 15) is 0 Å². The first-order chi connectivity index (χ1) is 31.5. The summed E-state index contributed by atoms with van der Waals surface area (Å²) >= 11 is 0. The average Bonchev–Trinajstić information content (AvgIpc) is 3.59. The first-order valence-corrected chi connectivity index (χ1v) is 23.1. The summed E-state index contributed by atoms with van der Waals surface area (Å²) in [5.41, 5.74) is 22.7. The Kier molecular flexibility index (Phi) is 11.2. The molecule has 10 rings (SSSR count). The van der Waals surface area contributed by atoms with Gasteiger partial charge in [0.15, 0.2) is 0 Å². The van der Waals surface area contributed by atoms with Crippen LogP contribution in [0, 0.1) is 0 Å². The van der Waals surface area contributed by atoms with Gasteiger partial charge in [0.05, 0.1) is 11.1 Å². The van der Waals surface area contributed by atoms with Crippen molar-refractivity contribution in [2.24, 2.45) is 0 Å². The normalized spacial score (nSPS) is 14.6. The third-order valence-electron chi connectivity index (χ3n) is 13.8. The van der Waals surface area contributed by atoms with Crippen LogP contribution in [0.2, 0.25) is 0 Å². The zero-order valence-corrected chi connectivity index (χ0v) is 37.4. The van der Waals surface area contributed by atoms with Gasteiger partial charge in [0.25, 0.3) is 0 Å². The van der Waals surface area contributed by atoms with Gasteiger partial charge in [-0.25, -0.2) is 0 Å². The lowest BCUT2D eigenvalue weighted by molar-refractivity contribution is 0.625. The molecule has 0 N–H and O–H groups in total. The van der Waals surface area contributed by atoms with Crippen LogP contribution in [0.5, 0.6) is 0 Å². The van der Waals surface area contributed by atoms with Crippen LogP contribution in [0.3, 0.4) is 0 Å². The minimum Gasteiger partial charge on any atom is -0.311 e. The highest BCUT2D eigenvalue weighted by atomic mass is 15.2. The molecule has 2 nitrogen and oxygen atoms in total. The predicted molar refractivity (Wildman–Crippen MR) is 271 cm³/mol. The molecule has 0 aliphatic heterocycles. The number of benzene rings is 7. The number of nitrogens with zero attached hydrogens (tertiary/aromatic N) is 2. The maximum Gasteiger partial charge on any atom is 0.0504 e. The lowest BCUT2D eigenvalue weighted by atomic mass is 9.67. The van der Waals surface area contributed by atoms with Crippen molar-refractivity contribution < 1.29 is 0 Å². The Labute approximate surface area is 380 Å². The first kappa shape index (κ1) is 40.9. The topological polar surface area (TPSA) is 6.48 Å². The second-order valence-corrected chi connectivity index (χ2v) is 17.4. The van der Waals surface area contributed by atoms with Gasteiger partial charge in [-0.1, -0.05) is 152 Å². The molecular weight excluding hydrogens is 773 g/mol. The van der Waals surface area contributed by atoms with E-state index in [0.29, 0.717) is 0 Å². The molecule has 0 unspecified atom stereocenters. The number of aryl methyl sites for hydroxylation is 4. The van der Waals surface area contributed by atoms with Gasteiger partial charge in [-0.15, -0.1) is 0 Å². The lowest BCUT2D eigenvalue weighted by Gasteiger charge is -2.38. The third kappa shape index (κ3) is 7.18.